The minimum Gasteiger partial charge on any atom is -0.313 e. The number of allylic oxidation sites excluding steroid dienone is 1. The zero-order valence-corrected chi connectivity index (χ0v) is 15.6. The van der Waals surface area contributed by atoms with Crippen LogP contribution in [0.15, 0.2) is 17.0 Å². The van der Waals surface area contributed by atoms with Gasteiger partial charge in [0.2, 0.25) is 0 Å². The first kappa shape index (κ1) is 16.0. The number of thiophene rings is 1. The highest BCUT2D eigenvalue weighted by molar-refractivity contribution is 7.18. The second-order valence-corrected chi connectivity index (χ2v) is 8.60. The van der Waals surface area contributed by atoms with Crippen LogP contribution in [0.3, 0.4) is 0 Å². The minimum atomic E-state index is 0.0819. The summed E-state index contributed by atoms with van der Waals surface area (Å²) >= 11 is 3.46. The second kappa shape index (κ2) is 6.81. The summed E-state index contributed by atoms with van der Waals surface area (Å²) in [5.41, 5.74) is 4.63. The molecule has 0 atom stereocenters. The molecule has 3 nitrogen and oxygen atoms in total. The number of fused-ring (bicyclic) bond motifs is 1. The van der Waals surface area contributed by atoms with Gasteiger partial charge in [-0.25, -0.2) is 4.98 Å². The number of thiazole rings is 1. The van der Waals surface area contributed by atoms with Crippen LogP contribution in [-0.4, -0.2) is 10.9 Å². The molecule has 0 radical (unpaired) electrons. The van der Waals surface area contributed by atoms with Crippen LogP contribution in [0.25, 0.3) is 10.6 Å². The Kier molecular flexibility index (Phi) is 4.55. The van der Waals surface area contributed by atoms with Crippen molar-refractivity contribution in [1.29, 1.82) is 0 Å². The fourth-order valence-corrected chi connectivity index (χ4v) is 5.81. The summed E-state index contributed by atoms with van der Waals surface area (Å²) in [5, 5.41) is 7.38. The Morgan fingerprint density at radius 2 is 2.04 bits per heavy atom. The van der Waals surface area contributed by atoms with Crippen LogP contribution in [0.2, 0.25) is 0 Å². The molecule has 0 aromatic carbocycles. The van der Waals surface area contributed by atoms with Crippen molar-refractivity contribution in [1.82, 2.24) is 4.98 Å². The van der Waals surface area contributed by atoms with Crippen LogP contribution in [0.4, 0.5) is 5.00 Å². The number of amides is 1. The molecule has 1 N–H and O–H groups in total. The van der Waals surface area contributed by atoms with E-state index in [-0.39, 0.29) is 5.91 Å². The van der Waals surface area contributed by atoms with Crippen molar-refractivity contribution in [2.24, 2.45) is 0 Å². The average molecular weight is 359 g/mol. The van der Waals surface area contributed by atoms with Crippen molar-refractivity contribution in [3.8, 4) is 10.6 Å². The van der Waals surface area contributed by atoms with Gasteiger partial charge in [0.25, 0.3) is 5.91 Å². The molecule has 0 saturated carbocycles. The number of carbonyl (C=O) groups is 1. The first-order valence-corrected chi connectivity index (χ1v) is 10.5. The topological polar surface area (TPSA) is 42.0 Å². The van der Waals surface area contributed by atoms with Gasteiger partial charge in [-0.1, -0.05) is 12.5 Å². The number of nitrogens with zero attached hydrogens (tertiary/aromatic N) is 1. The summed E-state index contributed by atoms with van der Waals surface area (Å²) in [6.45, 7) is 2.03. The van der Waals surface area contributed by atoms with E-state index in [1.165, 1.54) is 35.3 Å². The fourth-order valence-electron chi connectivity index (χ4n) is 3.59. The Bertz CT molecular complexity index is 800. The Morgan fingerprint density at radius 3 is 2.79 bits per heavy atom. The van der Waals surface area contributed by atoms with Crippen LogP contribution < -0.4 is 5.32 Å². The molecule has 24 heavy (non-hydrogen) atoms. The molecule has 5 heteroatoms. The van der Waals surface area contributed by atoms with Crippen molar-refractivity contribution in [3.05, 3.63) is 33.2 Å². The van der Waals surface area contributed by atoms with Crippen molar-refractivity contribution in [2.45, 2.75) is 58.3 Å². The molecule has 0 unspecified atom stereocenters. The van der Waals surface area contributed by atoms with Gasteiger partial charge in [0.15, 0.2) is 0 Å². The van der Waals surface area contributed by atoms with Crippen molar-refractivity contribution < 1.29 is 4.79 Å². The number of carbonyl (C=O) groups excluding carboxylic acids is 1. The molecular formula is C19H22N2OS2. The highest BCUT2D eigenvalue weighted by atomic mass is 32.1. The second-order valence-electron chi connectivity index (χ2n) is 6.64. The van der Waals surface area contributed by atoms with Gasteiger partial charge in [-0.2, -0.15) is 0 Å². The number of nitrogens with one attached hydrogen (secondary N) is 1. The molecule has 2 aliphatic carbocycles. The fraction of sp³-hybridized carbons (Fsp3) is 0.474. The molecule has 2 aromatic heterocycles. The maximum Gasteiger partial charge on any atom is 0.251 e. The van der Waals surface area contributed by atoms with Crippen molar-refractivity contribution in [3.63, 3.8) is 0 Å². The molecule has 1 amide bonds. The molecule has 0 bridgehead atoms. The van der Waals surface area contributed by atoms with E-state index in [1.807, 2.05) is 6.92 Å². The van der Waals surface area contributed by atoms with E-state index in [0.717, 1.165) is 53.4 Å². The van der Waals surface area contributed by atoms with E-state index in [0.29, 0.717) is 0 Å². The summed E-state index contributed by atoms with van der Waals surface area (Å²) < 4.78 is 0. The zero-order valence-electron chi connectivity index (χ0n) is 14.0. The largest absolute Gasteiger partial charge is 0.313 e. The van der Waals surface area contributed by atoms with E-state index >= 15 is 0 Å². The number of hydrogen-bond acceptors (Lipinski definition) is 4. The number of aromatic nitrogens is 1. The van der Waals surface area contributed by atoms with Crippen LogP contribution in [0, 0.1) is 6.92 Å². The molecule has 0 spiro atoms. The third-order valence-electron chi connectivity index (χ3n) is 4.81. The lowest BCUT2D eigenvalue weighted by Crippen LogP contribution is -2.13. The number of anilines is 1. The Morgan fingerprint density at radius 1 is 1.17 bits per heavy atom. The van der Waals surface area contributed by atoms with E-state index < -0.39 is 0 Å². The molecule has 0 aliphatic heterocycles. The summed E-state index contributed by atoms with van der Waals surface area (Å²) in [7, 11) is 0. The van der Waals surface area contributed by atoms with Crippen LogP contribution in [-0.2, 0) is 17.6 Å². The van der Waals surface area contributed by atoms with E-state index in [2.05, 4.69) is 16.8 Å². The van der Waals surface area contributed by atoms with Gasteiger partial charge in [0, 0.05) is 27.1 Å². The van der Waals surface area contributed by atoms with Crippen LogP contribution >= 0.6 is 22.7 Å². The first-order chi connectivity index (χ1) is 11.7. The van der Waals surface area contributed by atoms with Gasteiger partial charge in [0.1, 0.15) is 10.0 Å². The van der Waals surface area contributed by atoms with E-state index in [9.17, 15) is 4.79 Å². The minimum absolute atomic E-state index is 0.0819. The molecule has 0 fully saturated rings. The third kappa shape index (κ3) is 3.07. The Balaban J connectivity index is 1.73. The lowest BCUT2D eigenvalue weighted by atomic mass is 10.1. The van der Waals surface area contributed by atoms with Gasteiger partial charge in [-0.3, -0.25) is 4.79 Å². The molecule has 126 valence electrons. The first-order valence-electron chi connectivity index (χ1n) is 8.80. The van der Waals surface area contributed by atoms with Crippen LogP contribution in [0.5, 0.6) is 0 Å². The maximum absolute atomic E-state index is 12.6. The highest BCUT2D eigenvalue weighted by Crippen LogP contribution is 2.44. The standard InChI is InChI=1S/C19H22N2OS2/c1-12-11-23-18(20-12)16-14-9-3-2-4-10-15(14)24-19(16)21-17(22)13-7-5-6-8-13/h7,11H,2-6,8-10H2,1H3,(H,21,22). The van der Waals surface area contributed by atoms with Gasteiger partial charge in [0.05, 0.1) is 0 Å². The van der Waals surface area contributed by atoms with E-state index in [1.54, 1.807) is 22.7 Å². The quantitative estimate of drug-likeness (QED) is 0.736. The monoisotopic (exact) mass is 358 g/mol. The van der Waals surface area contributed by atoms with Gasteiger partial charge in [-0.15, -0.1) is 22.7 Å². The number of hydrogen-bond donors (Lipinski definition) is 1. The van der Waals surface area contributed by atoms with Crippen molar-refractivity contribution in [2.75, 3.05) is 5.32 Å². The smallest absolute Gasteiger partial charge is 0.251 e. The lowest BCUT2D eigenvalue weighted by molar-refractivity contribution is -0.112. The number of rotatable bonds is 3. The predicted octanol–water partition coefficient (Wildman–Crippen LogP) is 5.50. The summed E-state index contributed by atoms with van der Waals surface area (Å²) in [4.78, 5) is 18.8. The van der Waals surface area contributed by atoms with Gasteiger partial charge in [-0.05, 0) is 57.4 Å². The summed E-state index contributed by atoms with van der Waals surface area (Å²) in [6, 6.07) is 0. The zero-order chi connectivity index (χ0) is 16.5. The molecule has 2 aromatic rings. The SMILES string of the molecule is Cc1csc(-c2c(NC(=O)C3=CCCC3)sc3c2CCCCC3)n1. The third-order valence-corrected chi connectivity index (χ3v) is 7.00. The highest BCUT2D eigenvalue weighted by Gasteiger charge is 2.25. The molecule has 4 rings (SSSR count). The Labute approximate surface area is 150 Å². The average Bonchev–Trinajstić information content (AvgIpc) is 3.26. The predicted molar refractivity (Wildman–Crippen MR) is 102 cm³/mol. The van der Waals surface area contributed by atoms with Crippen molar-refractivity contribution >= 4 is 33.6 Å². The Hall–Kier alpha value is -1.46. The normalized spacial score (nSPS) is 17.3. The van der Waals surface area contributed by atoms with Gasteiger partial charge < -0.3 is 5.32 Å². The molecule has 2 aliphatic rings. The molecule has 0 saturated heterocycles. The van der Waals surface area contributed by atoms with Gasteiger partial charge >= 0.3 is 0 Å². The summed E-state index contributed by atoms with van der Waals surface area (Å²) in [5.74, 6) is 0.0819. The number of aryl methyl sites for hydroxylation is 2. The molecular weight excluding hydrogens is 336 g/mol. The maximum atomic E-state index is 12.6. The molecule has 2 heterocycles. The lowest BCUT2D eigenvalue weighted by Gasteiger charge is -2.07. The van der Waals surface area contributed by atoms with E-state index in [4.69, 9.17) is 4.98 Å². The van der Waals surface area contributed by atoms with Crippen LogP contribution in [0.1, 0.15) is 54.7 Å². The summed E-state index contributed by atoms with van der Waals surface area (Å²) in [6.07, 6.45) is 11.1.